The summed E-state index contributed by atoms with van der Waals surface area (Å²) >= 11 is 0. The highest BCUT2D eigenvalue weighted by molar-refractivity contribution is 6.23. The summed E-state index contributed by atoms with van der Waals surface area (Å²) in [6, 6.07) is 24.6. The van der Waals surface area contributed by atoms with Crippen LogP contribution in [0.15, 0.2) is 84.9 Å². The molecule has 0 aromatic heterocycles. The molecular formula is C24H16O4. The highest BCUT2D eigenvalue weighted by atomic mass is 16.5. The average molecular weight is 368 g/mol. The zero-order chi connectivity index (χ0) is 19.3. The molecule has 0 saturated heterocycles. The van der Waals surface area contributed by atoms with E-state index in [1.165, 1.54) is 0 Å². The first kappa shape index (κ1) is 16.6. The fourth-order valence-electron chi connectivity index (χ4n) is 4.43. The molecule has 3 atom stereocenters. The molecule has 0 spiro atoms. The van der Waals surface area contributed by atoms with E-state index in [4.69, 9.17) is 4.74 Å². The van der Waals surface area contributed by atoms with Gasteiger partial charge in [0.2, 0.25) is 0 Å². The number of hydrogen-bond acceptors (Lipinski definition) is 4. The van der Waals surface area contributed by atoms with Crippen molar-refractivity contribution < 1.29 is 19.1 Å². The quantitative estimate of drug-likeness (QED) is 0.301. The summed E-state index contributed by atoms with van der Waals surface area (Å²) in [6.07, 6.45) is 0. The fourth-order valence-corrected chi connectivity index (χ4v) is 4.43. The number of ketones is 2. The summed E-state index contributed by atoms with van der Waals surface area (Å²) in [5.41, 5.74) is 0.142. The van der Waals surface area contributed by atoms with Gasteiger partial charge in [0.1, 0.15) is 11.2 Å². The van der Waals surface area contributed by atoms with Gasteiger partial charge in [0.25, 0.3) is 0 Å². The van der Waals surface area contributed by atoms with Crippen LogP contribution < -0.4 is 4.74 Å². The van der Waals surface area contributed by atoms with Crippen LogP contribution in [0.1, 0.15) is 32.2 Å². The molecule has 4 nitrogen and oxygen atoms in total. The van der Waals surface area contributed by atoms with Gasteiger partial charge in [-0.1, -0.05) is 78.9 Å². The number of hydrogen-bond donors (Lipinski definition) is 0. The molecule has 2 aliphatic rings. The second-order valence-corrected chi connectivity index (χ2v) is 7.18. The van der Waals surface area contributed by atoms with Gasteiger partial charge in [-0.05, 0) is 6.07 Å². The second kappa shape index (κ2) is 5.99. The molecule has 28 heavy (non-hydrogen) atoms. The molecular weight excluding hydrogens is 352 g/mol. The topological polar surface area (TPSA) is 60.4 Å². The van der Waals surface area contributed by atoms with Crippen LogP contribution in [0.2, 0.25) is 0 Å². The van der Waals surface area contributed by atoms with Gasteiger partial charge in [-0.2, -0.15) is 0 Å². The lowest BCUT2D eigenvalue weighted by atomic mass is 9.87. The number of rotatable bonds is 4. The van der Waals surface area contributed by atoms with Gasteiger partial charge >= 0.3 is 5.97 Å². The number of fused-ring (bicyclic) bond motifs is 3. The van der Waals surface area contributed by atoms with Crippen molar-refractivity contribution in [2.45, 2.75) is 5.92 Å². The lowest BCUT2D eigenvalue weighted by Gasteiger charge is -2.22. The van der Waals surface area contributed by atoms with E-state index >= 15 is 0 Å². The maximum atomic E-state index is 13.5. The largest absolute Gasteiger partial charge is 0.425 e. The number of carbonyl (C=O) groups excluding carboxylic acids is 3. The van der Waals surface area contributed by atoms with Crippen molar-refractivity contribution >= 4 is 17.5 Å². The van der Waals surface area contributed by atoms with Crippen molar-refractivity contribution in [2.75, 3.05) is 0 Å². The van der Waals surface area contributed by atoms with E-state index in [0.29, 0.717) is 16.9 Å². The Morgan fingerprint density at radius 3 is 2.00 bits per heavy atom. The Morgan fingerprint density at radius 1 is 0.750 bits per heavy atom. The van der Waals surface area contributed by atoms with Gasteiger partial charge in [-0.25, -0.2) is 0 Å². The molecule has 1 aliphatic carbocycles. The van der Waals surface area contributed by atoms with Gasteiger partial charge < -0.3 is 4.74 Å². The number of carbonyl (C=O) groups is 3. The molecule has 1 saturated carbocycles. The van der Waals surface area contributed by atoms with Gasteiger partial charge in [0.05, 0.1) is 5.92 Å². The Hall–Kier alpha value is -3.53. The third-order valence-electron chi connectivity index (χ3n) is 5.75. The number of esters is 1. The molecule has 136 valence electrons. The first-order chi connectivity index (χ1) is 13.7. The smallest absolute Gasteiger partial charge is 0.326 e. The molecule has 5 rings (SSSR count). The number of para-hydroxylation sites is 1. The van der Waals surface area contributed by atoms with Crippen LogP contribution in [0.5, 0.6) is 5.75 Å². The Morgan fingerprint density at radius 2 is 1.32 bits per heavy atom. The molecule has 1 heterocycles. The van der Waals surface area contributed by atoms with E-state index < -0.39 is 23.2 Å². The van der Waals surface area contributed by atoms with Crippen molar-refractivity contribution in [1.29, 1.82) is 0 Å². The van der Waals surface area contributed by atoms with Gasteiger partial charge in [0.15, 0.2) is 11.6 Å². The van der Waals surface area contributed by atoms with Crippen molar-refractivity contribution in [3.8, 4) is 5.75 Å². The van der Waals surface area contributed by atoms with Crippen LogP contribution in [0.4, 0.5) is 0 Å². The maximum Gasteiger partial charge on any atom is 0.326 e. The minimum Gasteiger partial charge on any atom is -0.425 e. The Bertz CT molecular complexity index is 1100. The fraction of sp³-hybridized carbons (Fsp3) is 0.125. The van der Waals surface area contributed by atoms with Crippen LogP contribution in [-0.4, -0.2) is 17.5 Å². The molecule has 3 unspecified atom stereocenters. The van der Waals surface area contributed by atoms with E-state index in [2.05, 4.69) is 0 Å². The normalized spacial score (nSPS) is 24.5. The van der Waals surface area contributed by atoms with Gasteiger partial charge in [-0.15, -0.1) is 0 Å². The van der Waals surface area contributed by atoms with Crippen molar-refractivity contribution in [3.05, 3.63) is 102 Å². The summed E-state index contributed by atoms with van der Waals surface area (Å²) in [4.78, 5) is 39.9. The highest BCUT2D eigenvalue weighted by Gasteiger charge is 2.80. The van der Waals surface area contributed by atoms with Crippen molar-refractivity contribution in [1.82, 2.24) is 0 Å². The monoisotopic (exact) mass is 368 g/mol. The van der Waals surface area contributed by atoms with Crippen molar-refractivity contribution in [3.63, 3.8) is 0 Å². The number of Topliss-reactive ketones (excluding diaryl/α,β-unsaturated/α-hetero) is 2. The Labute approximate surface area is 161 Å². The minimum absolute atomic E-state index is 0.205. The van der Waals surface area contributed by atoms with E-state index in [1.807, 2.05) is 18.2 Å². The third-order valence-corrected chi connectivity index (χ3v) is 5.75. The molecule has 0 radical (unpaired) electrons. The SMILES string of the molecule is O=C(c1ccccc1)C1C2c3ccccc3OC(=O)C12C(=O)c1ccccc1. The summed E-state index contributed by atoms with van der Waals surface area (Å²) in [5.74, 6) is -2.05. The van der Waals surface area contributed by atoms with Crippen LogP contribution in [0.3, 0.4) is 0 Å². The van der Waals surface area contributed by atoms with Crippen LogP contribution in [0, 0.1) is 11.3 Å². The lowest BCUT2D eigenvalue weighted by molar-refractivity contribution is -0.139. The van der Waals surface area contributed by atoms with Crippen LogP contribution >= 0.6 is 0 Å². The van der Waals surface area contributed by atoms with E-state index in [-0.39, 0.29) is 11.6 Å². The lowest BCUT2D eigenvalue weighted by Crippen LogP contribution is -2.36. The molecule has 0 N–H and O–H groups in total. The van der Waals surface area contributed by atoms with Gasteiger partial charge in [-0.3, -0.25) is 14.4 Å². The van der Waals surface area contributed by atoms with Crippen molar-refractivity contribution in [2.24, 2.45) is 11.3 Å². The Balaban J connectivity index is 1.67. The van der Waals surface area contributed by atoms with E-state index in [1.54, 1.807) is 66.7 Å². The van der Waals surface area contributed by atoms with Crippen LogP contribution in [0.25, 0.3) is 0 Å². The summed E-state index contributed by atoms with van der Waals surface area (Å²) < 4.78 is 5.54. The third kappa shape index (κ3) is 2.15. The highest BCUT2D eigenvalue weighted by Crippen LogP contribution is 2.71. The second-order valence-electron chi connectivity index (χ2n) is 7.18. The van der Waals surface area contributed by atoms with Gasteiger partial charge in [0, 0.05) is 22.6 Å². The molecule has 1 aliphatic heterocycles. The molecule has 3 aromatic rings. The molecule has 3 aromatic carbocycles. The maximum absolute atomic E-state index is 13.5. The first-order valence-electron chi connectivity index (χ1n) is 9.16. The number of benzene rings is 3. The number of ether oxygens (including phenoxy) is 1. The molecule has 4 heteroatoms. The molecule has 0 bridgehead atoms. The zero-order valence-corrected chi connectivity index (χ0v) is 14.9. The molecule has 0 amide bonds. The minimum atomic E-state index is -1.50. The summed E-state index contributed by atoms with van der Waals surface area (Å²) in [7, 11) is 0. The van der Waals surface area contributed by atoms with Crippen LogP contribution in [-0.2, 0) is 4.79 Å². The zero-order valence-electron chi connectivity index (χ0n) is 14.9. The van der Waals surface area contributed by atoms with E-state index in [9.17, 15) is 14.4 Å². The predicted molar refractivity (Wildman–Crippen MR) is 102 cm³/mol. The van der Waals surface area contributed by atoms with E-state index in [0.717, 1.165) is 5.56 Å². The summed E-state index contributed by atoms with van der Waals surface area (Å²) in [6.45, 7) is 0. The Kier molecular flexibility index (Phi) is 3.56. The standard InChI is InChI=1S/C24H16O4/c25-21(15-9-3-1-4-10-15)20-19-17-13-7-8-14-18(17)28-23(27)24(19,20)22(26)16-11-5-2-6-12-16/h1-14,19-20H. The predicted octanol–water partition coefficient (Wildman–Crippen LogP) is 4.07. The molecule has 1 fully saturated rings. The summed E-state index contributed by atoms with van der Waals surface area (Å²) in [5, 5.41) is 0. The average Bonchev–Trinajstić information content (AvgIpc) is 3.46. The first-order valence-corrected chi connectivity index (χ1v) is 9.16.